The van der Waals surface area contributed by atoms with Crippen molar-refractivity contribution in [2.24, 2.45) is 0 Å². The molecule has 0 saturated heterocycles. The summed E-state index contributed by atoms with van der Waals surface area (Å²) in [5, 5.41) is 0. The summed E-state index contributed by atoms with van der Waals surface area (Å²) in [5.74, 6) is 0.953. The quantitative estimate of drug-likeness (QED) is 0.513. The molecule has 0 aliphatic heterocycles. The first-order valence-corrected chi connectivity index (χ1v) is 6.20. The van der Waals surface area contributed by atoms with E-state index in [9.17, 15) is 0 Å². The maximum Gasteiger partial charge on any atom is 0.145 e. The molecule has 0 bridgehead atoms. The average molecular weight is 245 g/mol. The molecule has 0 atom stereocenters. The highest BCUT2D eigenvalue weighted by Gasteiger charge is 2.09. The summed E-state index contributed by atoms with van der Waals surface area (Å²) in [5.41, 5.74) is 4.18. The smallest absolute Gasteiger partial charge is 0.145 e. The van der Waals surface area contributed by atoms with E-state index in [1.807, 2.05) is 48.8 Å². The lowest BCUT2D eigenvalue weighted by atomic mass is 10.2. The highest BCUT2D eigenvalue weighted by atomic mass is 15.0. The molecule has 0 spiro atoms. The molecule has 0 radical (unpaired) electrons. The van der Waals surface area contributed by atoms with Crippen LogP contribution in [0.1, 0.15) is 0 Å². The summed E-state index contributed by atoms with van der Waals surface area (Å²) in [6.07, 6.45) is 3.73. The van der Waals surface area contributed by atoms with Crippen molar-refractivity contribution in [2.45, 2.75) is 0 Å². The first-order valence-electron chi connectivity index (χ1n) is 6.20. The molecule has 2 aromatic heterocycles. The highest BCUT2D eigenvalue weighted by molar-refractivity contribution is 5.80. The summed E-state index contributed by atoms with van der Waals surface area (Å²) in [4.78, 5) is 8.99. The molecule has 0 amide bonds. The number of imidazole rings is 1. The van der Waals surface area contributed by atoms with Gasteiger partial charge in [0.05, 0.1) is 28.9 Å². The minimum Gasteiger partial charge on any atom is -0.289 e. The minimum atomic E-state index is 0.953. The van der Waals surface area contributed by atoms with Gasteiger partial charge in [-0.2, -0.15) is 0 Å². The van der Waals surface area contributed by atoms with Gasteiger partial charge in [-0.1, -0.05) is 42.5 Å². The Morgan fingerprint density at radius 2 is 1.47 bits per heavy atom. The van der Waals surface area contributed by atoms with Crippen molar-refractivity contribution < 1.29 is 0 Å². The Morgan fingerprint density at radius 3 is 2.37 bits per heavy atom. The van der Waals surface area contributed by atoms with Gasteiger partial charge in [-0.25, -0.2) is 4.98 Å². The number of aromatic nitrogens is 3. The molecule has 2 heterocycles. The van der Waals surface area contributed by atoms with Crippen LogP contribution in [0.4, 0.5) is 0 Å². The molecule has 3 heteroatoms. The van der Waals surface area contributed by atoms with Crippen LogP contribution in [-0.4, -0.2) is 14.4 Å². The number of hydrogen-bond donors (Lipinski definition) is 0. The van der Waals surface area contributed by atoms with Gasteiger partial charge in [-0.05, 0) is 12.1 Å². The Hall–Kier alpha value is -2.68. The van der Waals surface area contributed by atoms with Crippen LogP contribution in [0, 0.1) is 0 Å². The lowest BCUT2D eigenvalue weighted by molar-refractivity contribution is 1.19. The number of para-hydroxylation sites is 2. The molecule has 0 saturated carbocycles. The standard InChI is InChI=1S/C16H11N3/c1-2-6-12(7-3-1)16-18-11-13-10-17-14-8-4-5-9-15(14)19(13)16/h1-11H. The zero-order valence-electron chi connectivity index (χ0n) is 10.2. The van der Waals surface area contributed by atoms with Gasteiger partial charge in [0.25, 0.3) is 0 Å². The van der Waals surface area contributed by atoms with Crippen molar-refractivity contribution >= 4 is 16.6 Å². The molecule has 0 aliphatic carbocycles. The van der Waals surface area contributed by atoms with Crippen LogP contribution < -0.4 is 0 Å². The molecule has 4 rings (SSSR count). The Labute approximate surface area is 110 Å². The normalized spacial score (nSPS) is 11.2. The Morgan fingerprint density at radius 1 is 0.737 bits per heavy atom. The second-order valence-electron chi connectivity index (χ2n) is 4.46. The number of rotatable bonds is 1. The van der Waals surface area contributed by atoms with E-state index in [1.165, 1.54) is 0 Å². The van der Waals surface area contributed by atoms with Crippen LogP contribution in [0.25, 0.3) is 27.9 Å². The molecule has 0 fully saturated rings. The molecule has 0 aliphatic rings. The second kappa shape index (κ2) is 3.92. The van der Waals surface area contributed by atoms with Gasteiger partial charge in [-0.15, -0.1) is 0 Å². The van der Waals surface area contributed by atoms with Crippen molar-refractivity contribution in [3.8, 4) is 11.4 Å². The number of nitrogens with zero attached hydrogens (tertiary/aromatic N) is 3. The summed E-state index contributed by atoms with van der Waals surface area (Å²) >= 11 is 0. The fourth-order valence-corrected chi connectivity index (χ4v) is 2.40. The van der Waals surface area contributed by atoms with Crippen LogP contribution in [-0.2, 0) is 0 Å². The van der Waals surface area contributed by atoms with E-state index in [1.54, 1.807) is 0 Å². The molecule has 90 valence electrons. The van der Waals surface area contributed by atoms with E-state index in [0.717, 1.165) is 27.9 Å². The van der Waals surface area contributed by atoms with Gasteiger partial charge in [-0.3, -0.25) is 9.38 Å². The van der Waals surface area contributed by atoms with Gasteiger partial charge >= 0.3 is 0 Å². The fraction of sp³-hybridized carbons (Fsp3) is 0. The number of hydrogen-bond acceptors (Lipinski definition) is 2. The molecule has 0 N–H and O–H groups in total. The van der Waals surface area contributed by atoms with Crippen LogP contribution in [0.3, 0.4) is 0 Å². The largest absolute Gasteiger partial charge is 0.289 e. The first kappa shape index (κ1) is 10.3. The van der Waals surface area contributed by atoms with Crippen molar-refractivity contribution in [3.63, 3.8) is 0 Å². The molecule has 2 aromatic carbocycles. The van der Waals surface area contributed by atoms with Gasteiger partial charge in [0.1, 0.15) is 5.82 Å². The van der Waals surface area contributed by atoms with Gasteiger partial charge in [0, 0.05) is 5.56 Å². The van der Waals surface area contributed by atoms with E-state index < -0.39 is 0 Å². The van der Waals surface area contributed by atoms with E-state index in [4.69, 9.17) is 0 Å². The van der Waals surface area contributed by atoms with Crippen LogP contribution >= 0.6 is 0 Å². The monoisotopic (exact) mass is 245 g/mol. The third-order valence-corrected chi connectivity index (χ3v) is 3.28. The maximum atomic E-state index is 4.54. The predicted molar refractivity (Wildman–Crippen MR) is 75.9 cm³/mol. The molecule has 4 aromatic rings. The molecular weight excluding hydrogens is 234 g/mol. The topological polar surface area (TPSA) is 30.2 Å². The zero-order valence-corrected chi connectivity index (χ0v) is 10.2. The number of benzene rings is 2. The second-order valence-corrected chi connectivity index (χ2v) is 4.46. The van der Waals surface area contributed by atoms with Gasteiger partial charge < -0.3 is 0 Å². The SMILES string of the molecule is c1ccc(-c2ncc3cnc4ccccc4n23)cc1. The summed E-state index contributed by atoms with van der Waals surface area (Å²) in [7, 11) is 0. The van der Waals surface area contributed by atoms with Crippen molar-refractivity contribution in [2.75, 3.05) is 0 Å². The Balaban J connectivity index is 2.15. The van der Waals surface area contributed by atoms with Crippen LogP contribution in [0.15, 0.2) is 67.0 Å². The molecular formula is C16H11N3. The van der Waals surface area contributed by atoms with E-state index >= 15 is 0 Å². The lowest BCUT2D eigenvalue weighted by Crippen LogP contribution is -1.93. The lowest BCUT2D eigenvalue weighted by Gasteiger charge is -2.05. The summed E-state index contributed by atoms with van der Waals surface area (Å²) in [6, 6.07) is 18.3. The average Bonchev–Trinajstić information content (AvgIpc) is 2.92. The van der Waals surface area contributed by atoms with Gasteiger partial charge in [0.15, 0.2) is 0 Å². The third-order valence-electron chi connectivity index (χ3n) is 3.28. The maximum absolute atomic E-state index is 4.54. The molecule has 0 unspecified atom stereocenters. The van der Waals surface area contributed by atoms with E-state index in [-0.39, 0.29) is 0 Å². The summed E-state index contributed by atoms with van der Waals surface area (Å²) < 4.78 is 2.15. The number of fused-ring (bicyclic) bond motifs is 3. The first-order chi connectivity index (χ1) is 9.43. The summed E-state index contributed by atoms with van der Waals surface area (Å²) in [6.45, 7) is 0. The fourth-order valence-electron chi connectivity index (χ4n) is 2.40. The zero-order chi connectivity index (χ0) is 12.7. The van der Waals surface area contributed by atoms with Crippen LogP contribution in [0.2, 0.25) is 0 Å². The van der Waals surface area contributed by atoms with Gasteiger partial charge in [0.2, 0.25) is 0 Å². The molecule has 19 heavy (non-hydrogen) atoms. The van der Waals surface area contributed by atoms with Crippen LogP contribution in [0.5, 0.6) is 0 Å². The van der Waals surface area contributed by atoms with Crippen molar-refractivity contribution in [3.05, 3.63) is 67.0 Å². The van der Waals surface area contributed by atoms with Crippen molar-refractivity contribution in [1.82, 2.24) is 14.4 Å². The van der Waals surface area contributed by atoms with E-state index in [2.05, 4.69) is 32.6 Å². The predicted octanol–water partition coefficient (Wildman–Crippen LogP) is 3.55. The third kappa shape index (κ3) is 1.52. The van der Waals surface area contributed by atoms with E-state index in [0.29, 0.717) is 0 Å². The Kier molecular flexibility index (Phi) is 2.12. The highest BCUT2D eigenvalue weighted by Crippen LogP contribution is 2.23. The Bertz CT molecular complexity index is 863. The minimum absolute atomic E-state index is 0.953. The molecule has 3 nitrogen and oxygen atoms in total. The van der Waals surface area contributed by atoms with Crippen molar-refractivity contribution in [1.29, 1.82) is 0 Å².